The van der Waals surface area contributed by atoms with Gasteiger partial charge in [0.1, 0.15) is 11.0 Å². The van der Waals surface area contributed by atoms with Crippen molar-refractivity contribution in [3.63, 3.8) is 0 Å². The van der Waals surface area contributed by atoms with Crippen LogP contribution in [0.4, 0.5) is 4.39 Å². The first kappa shape index (κ1) is 17.2. The van der Waals surface area contributed by atoms with Gasteiger partial charge in [-0.2, -0.15) is 5.10 Å². The number of benzene rings is 1. The fraction of sp³-hybridized carbons (Fsp3) is 0.235. The van der Waals surface area contributed by atoms with E-state index in [0.29, 0.717) is 28.9 Å². The molecule has 1 aromatic carbocycles. The van der Waals surface area contributed by atoms with Crippen molar-refractivity contribution in [2.24, 2.45) is 7.05 Å². The lowest BCUT2D eigenvalue weighted by molar-refractivity contribution is 0.0950. The molecule has 1 N–H and O–H groups in total. The van der Waals surface area contributed by atoms with Crippen LogP contribution < -0.4 is 5.32 Å². The minimum atomic E-state index is -0.390. The number of carbonyl (C=O) groups is 1. The Bertz CT molecular complexity index is 904. The summed E-state index contributed by atoms with van der Waals surface area (Å²) >= 11 is 6.14. The van der Waals surface area contributed by atoms with Crippen molar-refractivity contribution in [2.75, 3.05) is 0 Å². The van der Waals surface area contributed by atoms with Crippen LogP contribution >= 0.6 is 11.6 Å². The third kappa shape index (κ3) is 3.41. The topological polar surface area (TPSA) is 64.7 Å². The van der Waals surface area contributed by atoms with Gasteiger partial charge in [0.15, 0.2) is 0 Å². The Morgan fingerprint density at radius 2 is 2.20 bits per heavy atom. The zero-order valence-corrected chi connectivity index (χ0v) is 14.6. The molecule has 2 heterocycles. The number of halogens is 2. The van der Waals surface area contributed by atoms with E-state index in [1.807, 2.05) is 6.92 Å². The van der Waals surface area contributed by atoms with Crippen LogP contribution in [-0.2, 0) is 20.0 Å². The third-order valence-electron chi connectivity index (χ3n) is 3.86. The standard InChI is InChI=1S/C17H17ClFN5O/c1-3-13-15(16(18)23(2)22-13)17(25)21-9-11-4-5-14(12(19)8-11)24-7-6-20-10-24/h4-8,10H,3,9H2,1-2H3,(H,21,25). The van der Waals surface area contributed by atoms with Gasteiger partial charge in [0.05, 0.1) is 23.3 Å². The summed E-state index contributed by atoms with van der Waals surface area (Å²) in [4.78, 5) is 16.3. The summed E-state index contributed by atoms with van der Waals surface area (Å²) < 4.78 is 17.3. The number of amides is 1. The lowest BCUT2D eigenvalue weighted by atomic mass is 10.1. The van der Waals surface area contributed by atoms with Gasteiger partial charge >= 0.3 is 0 Å². The van der Waals surface area contributed by atoms with Crippen LogP contribution in [0.15, 0.2) is 36.9 Å². The molecular weight excluding hydrogens is 345 g/mol. The molecule has 8 heteroatoms. The second-order valence-electron chi connectivity index (χ2n) is 5.53. The molecular formula is C17H17ClFN5O. The van der Waals surface area contributed by atoms with E-state index in [4.69, 9.17) is 11.6 Å². The van der Waals surface area contributed by atoms with Crippen LogP contribution in [0, 0.1) is 5.82 Å². The molecule has 0 bridgehead atoms. The second kappa shape index (κ2) is 7.06. The molecule has 0 radical (unpaired) electrons. The molecule has 2 aromatic heterocycles. The highest BCUT2D eigenvalue weighted by Gasteiger charge is 2.20. The molecule has 0 aliphatic carbocycles. The van der Waals surface area contributed by atoms with Crippen molar-refractivity contribution in [3.8, 4) is 5.69 Å². The van der Waals surface area contributed by atoms with Gasteiger partial charge in [-0.15, -0.1) is 0 Å². The Morgan fingerprint density at radius 3 is 2.84 bits per heavy atom. The molecule has 0 atom stereocenters. The molecule has 0 aliphatic rings. The van der Waals surface area contributed by atoms with Crippen molar-refractivity contribution in [1.29, 1.82) is 0 Å². The lowest BCUT2D eigenvalue weighted by Crippen LogP contribution is -2.24. The molecule has 0 fully saturated rings. The van der Waals surface area contributed by atoms with Crippen LogP contribution in [0.5, 0.6) is 0 Å². The molecule has 0 aliphatic heterocycles. The van der Waals surface area contributed by atoms with Crippen molar-refractivity contribution in [1.82, 2.24) is 24.6 Å². The molecule has 0 saturated carbocycles. The van der Waals surface area contributed by atoms with E-state index in [0.717, 1.165) is 0 Å². The highest BCUT2D eigenvalue weighted by atomic mass is 35.5. The summed E-state index contributed by atoms with van der Waals surface area (Å²) in [6.45, 7) is 2.09. The monoisotopic (exact) mass is 361 g/mol. The molecule has 3 rings (SSSR count). The van der Waals surface area contributed by atoms with Gasteiger partial charge < -0.3 is 9.88 Å². The Balaban J connectivity index is 1.74. The van der Waals surface area contributed by atoms with Crippen LogP contribution in [0.2, 0.25) is 5.15 Å². The average Bonchev–Trinajstić information content (AvgIpc) is 3.22. The van der Waals surface area contributed by atoms with E-state index in [1.54, 1.807) is 36.1 Å². The second-order valence-corrected chi connectivity index (χ2v) is 5.89. The number of nitrogens with one attached hydrogen (secondary N) is 1. The molecule has 130 valence electrons. The zero-order valence-electron chi connectivity index (χ0n) is 13.8. The largest absolute Gasteiger partial charge is 0.348 e. The highest BCUT2D eigenvalue weighted by Crippen LogP contribution is 2.20. The van der Waals surface area contributed by atoms with Crippen LogP contribution in [-0.4, -0.2) is 25.2 Å². The summed E-state index contributed by atoms with van der Waals surface area (Å²) in [5, 5.41) is 7.27. The van der Waals surface area contributed by atoms with Crippen LogP contribution in [0.25, 0.3) is 5.69 Å². The summed E-state index contributed by atoms with van der Waals surface area (Å²) in [7, 11) is 1.68. The summed E-state index contributed by atoms with van der Waals surface area (Å²) in [5.74, 6) is -0.715. The average molecular weight is 362 g/mol. The maximum Gasteiger partial charge on any atom is 0.256 e. The first-order chi connectivity index (χ1) is 12.0. The lowest BCUT2D eigenvalue weighted by Gasteiger charge is -2.08. The molecule has 0 unspecified atom stereocenters. The van der Waals surface area contributed by atoms with E-state index < -0.39 is 5.82 Å². The SMILES string of the molecule is CCc1nn(C)c(Cl)c1C(=O)NCc1ccc(-n2ccnc2)c(F)c1. The number of carbonyl (C=O) groups excluding carboxylic acids is 1. The van der Waals surface area contributed by atoms with Gasteiger partial charge in [0.25, 0.3) is 5.91 Å². The van der Waals surface area contributed by atoms with Gasteiger partial charge in [-0.05, 0) is 24.1 Å². The predicted molar refractivity (Wildman–Crippen MR) is 92.3 cm³/mol. The van der Waals surface area contributed by atoms with E-state index >= 15 is 0 Å². The molecule has 0 saturated heterocycles. The summed E-state index contributed by atoms with van der Waals surface area (Å²) in [6, 6.07) is 4.79. The Morgan fingerprint density at radius 1 is 1.40 bits per heavy atom. The first-order valence-electron chi connectivity index (χ1n) is 7.77. The quantitative estimate of drug-likeness (QED) is 0.760. The van der Waals surface area contributed by atoms with E-state index in [-0.39, 0.29) is 17.6 Å². The molecule has 6 nitrogen and oxygen atoms in total. The highest BCUT2D eigenvalue weighted by molar-refractivity contribution is 6.33. The van der Waals surface area contributed by atoms with Gasteiger partial charge in [-0.3, -0.25) is 9.48 Å². The Kier molecular flexibility index (Phi) is 4.85. The van der Waals surface area contributed by atoms with Crippen molar-refractivity contribution >= 4 is 17.5 Å². The normalized spacial score (nSPS) is 10.9. The van der Waals surface area contributed by atoms with E-state index in [2.05, 4.69) is 15.4 Å². The van der Waals surface area contributed by atoms with Gasteiger partial charge in [0.2, 0.25) is 0 Å². The predicted octanol–water partition coefficient (Wildman–Crippen LogP) is 2.89. The molecule has 25 heavy (non-hydrogen) atoms. The Labute approximate surface area is 149 Å². The minimum absolute atomic E-state index is 0.189. The maximum atomic E-state index is 14.3. The van der Waals surface area contributed by atoms with Crippen molar-refractivity contribution in [2.45, 2.75) is 19.9 Å². The Hall–Kier alpha value is -2.67. The van der Waals surface area contributed by atoms with Crippen LogP contribution in [0.3, 0.4) is 0 Å². The summed E-state index contributed by atoms with van der Waals surface area (Å²) in [6.07, 6.45) is 5.36. The van der Waals surface area contributed by atoms with Gasteiger partial charge in [0, 0.05) is 26.0 Å². The number of hydrogen-bond donors (Lipinski definition) is 1. The fourth-order valence-corrected chi connectivity index (χ4v) is 2.80. The van der Waals surface area contributed by atoms with Crippen molar-refractivity contribution in [3.05, 3.63) is 64.7 Å². The first-order valence-corrected chi connectivity index (χ1v) is 8.15. The van der Waals surface area contributed by atoms with Gasteiger partial charge in [-0.25, -0.2) is 9.37 Å². The third-order valence-corrected chi connectivity index (χ3v) is 4.29. The summed E-state index contributed by atoms with van der Waals surface area (Å²) in [5.41, 5.74) is 2.04. The van der Waals surface area contributed by atoms with E-state index in [1.165, 1.54) is 17.1 Å². The number of nitrogens with zero attached hydrogens (tertiary/aromatic N) is 4. The molecule has 0 spiro atoms. The zero-order chi connectivity index (χ0) is 18.0. The number of hydrogen-bond acceptors (Lipinski definition) is 3. The smallest absolute Gasteiger partial charge is 0.256 e. The van der Waals surface area contributed by atoms with Crippen molar-refractivity contribution < 1.29 is 9.18 Å². The minimum Gasteiger partial charge on any atom is -0.348 e. The van der Waals surface area contributed by atoms with E-state index in [9.17, 15) is 9.18 Å². The number of aromatic nitrogens is 4. The van der Waals surface area contributed by atoms with Gasteiger partial charge in [-0.1, -0.05) is 24.6 Å². The maximum absolute atomic E-state index is 14.3. The fourth-order valence-electron chi connectivity index (χ4n) is 2.57. The number of rotatable bonds is 5. The van der Waals surface area contributed by atoms with Crippen LogP contribution in [0.1, 0.15) is 28.5 Å². The molecule has 3 aromatic rings. The number of imidazole rings is 1. The number of aryl methyl sites for hydroxylation is 2. The molecule has 1 amide bonds.